The number of likely N-dealkylation sites (N-methyl/N-ethyl adjacent to an activating group) is 2. The Labute approximate surface area is 368 Å². The molecule has 1 aliphatic carbocycles. The van der Waals surface area contributed by atoms with Crippen LogP contribution < -0.4 is 0 Å². The molecule has 340 valence electrons. The molecule has 7 rings (SSSR count). The predicted molar refractivity (Wildman–Crippen MR) is 235 cm³/mol. The number of ether oxygens (including phenoxy) is 6. The monoisotopic (exact) mass is 900 g/mol. The molecule has 6 bridgehead atoms. The average Bonchev–Trinajstić information content (AvgIpc) is 3.77. The van der Waals surface area contributed by atoms with Crippen molar-refractivity contribution >= 4 is 56.0 Å². The number of hydrogen-bond acceptors (Lipinski definition) is 15. The normalized spacial score (nSPS) is 46.0. The number of esters is 1. The minimum Gasteiger partial charge on any atom is -0.459 e. The predicted octanol–water partition coefficient (Wildman–Crippen LogP) is 5.09. The summed E-state index contributed by atoms with van der Waals surface area (Å²) in [6.45, 7) is 13.4. The summed E-state index contributed by atoms with van der Waals surface area (Å²) in [5, 5.41) is 12.7. The van der Waals surface area contributed by atoms with Crippen LogP contribution in [0.3, 0.4) is 0 Å². The number of hydrogen-bond donors (Lipinski definition) is 1. The Bertz CT molecular complexity index is 1710. The first-order valence-corrected chi connectivity index (χ1v) is 24.2. The number of alkyl halides is 1. The fourth-order valence-electron chi connectivity index (χ4n) is 9.99. The Balaban J connectivity index is 1.37. The second-order valence-electron chi connectivity index (χ2n) is 18.8. The molecule has 1 N–H and O–H groups in total. The number of aliphatic imine (C=N–C) groups is 2. The zero-order valence-corrected chi connectivity index (χ0v) is 39.9. The summed E-state index contributed by atoms with van der Waals surface area (Å²) >= 11 is 8.78. The number of methoxy groups -OCH3 is 1. The van der Waals surface area contributed by atoms with E-state index in [9.17, 15) is 18.9 Å². The Kier molecular flexibility index (Phi) is 15.3. The lowest BCUT2D eigenvalue weighted by atomic mass is 9.69. The van der Waals surface area contributed by atoms with Crippen molar-refractivity contribution in [1.29, 1.82) is 0 Å². The zero-order valence-electron chi connectivity index (χ0n) is 37.6. The number of carbonyl (C=O) groups is 2. The van der Waals surface area contributed by atoms with Gasteiger partial charge in [-0.3, -0.25) is 19.0 Å². The van der Waals surface area contributed by atoms with E-state index in [-0.39, 0.29) is 59.8 Å². The lowest BCUT2D eigenvalue weighted by molar-refractivity contribution is -0.261. The van der Waals surface area contributed by atoms with Crippen molar-refractivity contribution in [3.05, 3.63) is 11.6 Å². The van der Waals surface area contributed by atoms with Crippen molar-refractivity contribution in [2.45, 2.75) is 183 Å². The molecule has 1 saturated carbocycles. The molecule has 3 fully saturated rings. The van der Waals surface area contributed by atoms with Crippen LogP contribution in [0.2, 0.25) is 0 Å². The number of fused-ring (bicyclic) bond motifs is 9. The van der Waals surface area contributed by atoms with Crippen molar-refractivity contribution < 1.29 is 47.3 Å². The van der Waals surface area contributed by atoms with E-state index in [1.54, 1.807) is 13.8 Å². The number of nitrogens with zero attached hydrogens (tertiary/aromatic N) is 4. The molecule has 0 aromatic heterocycles. The molecule has 0 amide bonds. The van der Waals surface area contributed by atoms with Crippen molar-refractivity contribution in [2.24, 2.45) is 21.8 Å². The smallest absolute Gasteiger partial charge is 0.332 e. The van der Waals surface area contributed by atoms with E-state index in [1.807, 2.05) is 34.9 Å². The van der Waals surface area contributed by atoms with Crippen LogP contribution in [0.25, 0.3) is 0 Å². The molecule has 0 aromatic rings. The summed E-state index contributed by atoms with van der Waals surface area (Å²) in [6.07, 6.45) is 1.92. The van der Waals surface area contributed by atoms with Crippen LogP contribution in [0.5, 0.6) is 0 Å². The van der Waals surface area contributed by atoms with Crippen molar-refractivity contribution in [3.63, 3.8) is 0 Å². The molecule has 1 unspecified atom stereocenters. The average molecular weight is 902 g/mol. The zero-order chi connectivity index (χ0) is 44.1. The number of aliphatic hydroxyl groups excluding tert-OH is 1. The second-order valence-corrected chi connectivity index (χ2v) is 22.1. The Morgan fingerprint density at radius 3 is 2.18 bits per heavy atom. The number of Topliss-reactive ketones (excluding diaryl/α,β-unsaturated/α-hetero) is 1. The maximum absolute atomic E-state index is 14.6. The number of allylic oxidation sites excluding steroid dienone is 1. The second kappa shape index (κ2) is 19.0. The van der Waals surface area contributed by atoms with Gasteiger partial charge in [0.15, 0.2) is 35.4 Å². The molecule has 0 aromatic carbocycles. The molecular formula is C43H69ClN4O10S2. The summed E-state index contributed by atoms with van der Waals surface area (Å²) in [4.78, 5) is 41.7. The molecule has 17 atom stereocenters. The first-order valence-electron chi connectivity index (χ1n) is 21.6. The number of halogens is 1. The van der Waals surface area contributed by atoms with E-state index < -0.39 is 80.9 Å². The van der Waals surface area contributed by atoms with Crippen molar-refractivity contribution in [2.75, 3.05) is 41.1 Å². The highest BCUT2D eigenvalue weighted by molar-refractivity contribution is 8.14. The van der Waals surface area contributed by atoms with E-state index in [0.717, 1.165) is 18.4 Å². The molecule has 17 heteroatoms. The van der Waals surface area contributed by atoms with Gasteiger partial charge < -0.3 is 43.3 Å². The number of rotatable bonds is 7. The molecule has 2 saturated heterocycles. The third kappa shape index (κ3) is 9.69. The van der Waals surface area contributed by atoms with Gasteiger partial charge in [-0.25, -0.2) is 4.79 Å². The molecule has 0 radical (unpaired) electrons. The van der Waals surface area contributed by atoms with Crippen molar-refractivity contribution in [1.82, 2.24) is 9.80 Å². The van der Waals surface area contributed by atoms with E-state index >= 15 is 0 Å². The van der Waals surface area contributed by atoms with Crippen LogP contribution in [0.1, 0.15) is 99.8 Å². The Morgan fingerprint density at radius 1 is 0.967 bits per heavy atom. The summed E-state index contributed by atoms with van der Waals surface area (Å²) < 4.78 is 52.4. The van der Waals surface area contributed by atoms with E-state index in [2.05, 4.69) is 43.8 Å². The lowest BCUT2D eigenvalue weighted by Gasteiger charge is -2.49. The maximum Gasteiger partial charge on any atom is 0.332 e. The quantitative estimate of drug-likeness (QED) is 0.205. The number of ketones is 1. The fourth-order valence-corrected chi connectivity index (χ4v) is 13.1. The molecular weight excluding hydrogens is 832 g/mol. The minimum absolute atomic E-state index is 0.0455. The molecule has 0 spiro atoms. The summed E-state index contributed by atoms with van der Waals surface area (Å²) in [5.74, 6) is -1.10. The van der Waals surface area contributed by atoms with Crippen molar-refractivity contribution in [3.8, 4) is 0 Å². The first kappa shape index (κ1) is 48.2. The highest BCUT2D eigenvalue weighted by Gasteiger charge is 2.56. The Morgan fingerprint density at radius 2 is 1.58 bits per heavy atom. The summed E-state index contributed by atoms with van der Waals surface area (Å²) in [5.41, 5.74) is -2.97. The minimum atomic E-state index is -1.85. The molecule has 6 heterocycles. The maximum atomic E-state index is 14.6. The van der Waals surface area contributed by atoms with Gasteiger partial charge in [0, 0.05) is 43.7 Å². The van der Waals surface area contributed by atoms with Crippen LogP contribution >= 0.6 is 23.4 Å². The topological polar surface area (TPSA) is 158 Å². The third-order valence-electron chi connectivity index (χ3n) is 14.1. The van der Waals surface area contributed by atoms with Gasteiger partial charge in [0.2, 0.25) is 0 Å². The van der Waals surface area contributed by atoms with Gasteiger partial charge >= 0.3 is 5.97 Å². The molecule has 6 aliphatic heterocycles. The SMILES string of the molecule is CO[C@H]1S(=O)C2=N[C@@]1(C)C1=N[C@@H](CS1)C(=O)O[C@@H]1C[C@@H](O[C@H]3CC[C@H](N(C)C)[C@@H](C)O3)[C@H](C=C(C)CC[C@@H](O)[C@@](C)(O[C@H]3CC[C@H](N(C)C)[C@@H](C)O3)C(=O)C2)[C@@H](C)[C@]1(C)Cl. The first-order chi connectivity index (χ1) is 28.1. The van der Waals surface area contributed by atoms with E-state index in [4.69, 9.17) is 50.0 Å². The van der Waals surface area contributed by atoms with Gasteiger partial charge in [-0.2, -0.15) is 0 Å². The van der Waals surface area contributed by atoms with E-state index in [0.29, 0.717) is 30.7 Å². The van der Waals surface area contributed by atoms with Crippen LogP contribution in [-0.4, -0.2) is 165 Å². The molecule has 14 nitrogen and oxygen atoms in total. The van der Waals surface area contributed by atoms with Crippen LogP contribution in [0.15, 0.2) is 21.6 Å². The van der Waals surface area contributed by atoms with Gasteiger partial charge in [-0.1, -0.05) is 18.6 Å². The molecule has 60 heavy (non-hydrogen) atoms. The Hall–Kier alpha value is -1.31. The highest BCUT2D eigenvalue weighted by atomic mass is 35.5. The standard InChI is InChI=1S/C43H69ClN4O10S2/c1-23-13-16-32(49)43(7,58-37-18-15-30(48(10)11)26(4)55-37)33(50)21-35-46-42(6,40(53-12)60(35)52)39-45-28(22-59-39)38(51)57-34-20-31(27(19-23)24(2)41(34,5)44)56-36-17-14-29(47(8)9)25(3)54-36/h19,24-32,34,36-37,40,49H,13-18,20-22H2,1-12H3/t24-,25-,26-,27-,28+,29+,30+,31-,32-,34-,36+,37+,40+,41+,42+,43-,60?/m1/s1. The lowest BCUT2D eigenvalue weighted by Crippen LogP contribution is -2.56. The van der Waals surface area contributed by atoms with Gasteiger partial charge in [-0.05, 0) is 108 Å². The van der Waals surface area contributed by atoms with E-state index in [1.165, 1.54) is 18.9 Å². The van der Waals surface area contributed by atoms with Crippen LogP contribution in [-0.2, 0) is 48.8 Å². The number of aliphatic hydroxyl groups is 1. The fraction of sp³-hybridized carbons (Fsp3) is 0.860. The van der Waals surface area contributed by atoms with Gasteiger partial charge in [-0.15, -0.1) is 23.4 Å². The summed E-state index contributed by atoms with van der Waals surface area (Å²) in [6, 6.07) is -0.421. The van der Waals surface area contributed by atoms with Crippen LogP contribution in [0.4, 0.5) is 0 Å². The summed E-state index contributed by atoms with van der Waals surface area (Å²) in [7, 11) is 7.73. The van der Waals surface area contributed by atoms with Gasteiger partial charge in [0.25, 0.3) is 0 Å². The third-order valence-corrected chi connectivity index (χ3v) is 17.7. The van der Waals surface area contributed by atoms with Gasteiger partial charge in [0.05, 0.1) is 51.6 Å². The largest absolute Gasteiger partial charge is 0.459 e. The van der Waals surface area contributed by atoms with Crippen LogP contribution in [0, 0.1) is 11.8 Å². The number of carbonyl (C=O) groups excluding carboxylic acids is 2. The van der Waals surface area contributed by atoms with Gasteiger partial charge in [0.1, 0.15) is 16.7 Å². The highest BCUT2D eigenvalue weighted by Crippen LogP contribution is 2.48. The molecule has 7 aliphatic rings. The number of thioether (sulfide) groups is 1.